The lowest BCUT2D eigenvalue weighted by molar-refractivity contribution is 0.172. The second kappa shape index (κ2) is 7.98. The van der Waals surface area contributed by atoms with Crippen molar-refractivity contribution in [3.8, 4) is 17.2 Å². The molecule has 0 amide bonds. The summed E-state index contributed by atoms with van der Waals surface area (Å²) in [6.45, 7) is 3.47. The molecule has 3 rings (SSSR count). The van der Waals surface area contributed by atoms with Gasteiger partial charge in [0.05, 0.1) is 21.3 Å². The number of sulfonamides is 1. The summed E-state index contributed by atoms with van der Waals surface area (Å²) >= 11 is 0. The van der Waals surface area contributed by atoms with Gasteiger partial charge in [0.25, 0.3) is 0 Å². The van der Waals surface area contributed by atoms with Crippen LogP contribution in [0, 0.1) is 0 Å². The average Bonchev–Trinajstić information content (AvgIpc) is 2.66. The molecule has 2 N–H and O–H groups in total. The van der Waals surface area contributed by atoms with E-state index < -0.39 is 10.0 Å². The third kappa shape index (κ3) is 4.09. The van der Waals surface area contributed by atoms with Crippen LogP contribution >= 0.6 is 0 Å². The Morgan fingerprint density at radius 3 is 2.36 bits per heavy atom. The molecule has 0 radical (unpaired) electrons. The minimum Gasteiger partial charge on any atom is -0.497 e. The van der Waals surface area contributed by atoms with E-state index in [1.165, 1.54) is 7.11 Å². The van der Waals surface area contributed by atoms with Crippen LogP contribution in [0.2, 0.25) is 0 Å². The highest BCUT2D eigenvalue weighted by atomic mass is 32.2. The molecule has 2 aromatic rings. The van der Waals surface area contributed by atoms with Crippen molar-refractivity contribution in [2.75, 3.05) is 21.3 Å². The fourth-order valence-corrected chi connectivity index (χ4v) is 4.35. The number of hydrogen-bond donors (Lipinski definition) is 1. The fourth-order valence-electron chi connectivity index (χ4n) is 3.62. The molecule has 1 unspecified atom stereocenters. The number of hydrogen-bond acceptors (Lipinski definition) is 6. The molecule has 1 aliphatic rings. The summed E-state index contributed by atoms with van der Waals surface area (Å²) in [6.07, 6.45) is 0.716. The molecule has 0 aromatic heterocycles. The highest BCUT2D eigenvalue weighted by Gasteiger charge is 2.27. The minimum absolute atomic E-state index is 0.0314. The molecule has 0 fully saturated rings. The summed E-state index contributed by atoms with van der Waals surface area (Å²) in [7, 11) is 0.893. The van der Waals surface area contributed by atoms with Crippen molar-refractivity contribution in [1.82, 2.24) is 4.90 Å². The molecule has 0 saturated carbocycles. The van der Waals surface area contributed by atoms with Gasteiger partial charge in [0, 0.05) is 24.7 Å². The second-order valence-electron chi connectivity index (χ2n) is 6.95. The molecular formula is C20H26N2O5S. The maximum absolute atomic E-state index is 11.9. The number of ether oxygens (including phenoxy) is 3. The van der Waals surface area contributed by atoms with E-state index in [2.05, 4.69) is 11.8 Å². The summed E-state index contributed by atoms with van der Waals surface area (Å²) in [5.41, 5.74) is 3.04. The largest absolute Gasteiger partial charge is 0.497 e. The van der Waals surface area contributed by atoms with Crippen molar-refractivity contribution in [2.24, 2.45) is 5.14 Å². The van der Waals surface area contributed by atoms with Gasteiger partial charge in [0.1, 0.15) is 22.1 Å². The van der Waals surface area contributed by atoms with Gasteiger partial charge >= 0.3 is 0 Å². The van der Waals surface area contributed by atoms with E-state index in [1.54, 1.807) is 26.4 Å². The number of nitrogens with two attached hydrogens (primary N) is 1. The van der Waals surface area contributed by atoms with Crippen molar-refractivity contribution in [3.63, 3.8) is 0 Å². The summed E-state index contributed by atoms with van der Waals surface area (Å²) in [5, 5.41) is 5.35. The Morgan fingerprint density at radius 1 is 1.04 bits per heavy atom. The molecule has 1 heterocycles. The predicted molar refractivity (Wildman–Crippen MR) is 106 cm³/mol. The number of rotatable bonds is 6. The van der Waals surface area contributed by atoms with E-state index in [0.717, 1.165) is 28.2 Å². The average molecular weight is 407 g/mol. The zero-order valence-electron chi connectivity index (χ0n) is 16.6. The molecule has 0 aliphatic carbocycles. The van der Waals surface area contributed by atoms with Crippen LogP contribution in [0.25, 0.3) is 0 Å². The Bertz CT molecular complexity index is 975. The molecule has 1 atom stereocenters. The first-order valence-electron chi connectivity index (χ1n) is 8.94. The van der Waals surface area contributed by atoms with Crippen LogP contribution in [0.4, 0.5) is 0 Å². The molecule has 0 saturated heterocycles. The van der Waals surface area contributed by atoms with E-state index in [9.17, 15) is 8.42 Å². The van der Waals surface area contributed by atoms with Crippen molar-refractivity contribution in [2.45, 2.75) is 37.4 Å². The number of methoxy groups -OCH3 is 3. The van der Waals surface area contributed by atoms with Gasteiger partial charge in [-0.05, 0) is 54.8 Å². The fraction of sp³-hybridized carbons (Fsp3) is 0.400. The number of nitrogens with zero attached hydrogens (tertiary/aromatic N) is 1. The molecule has 8 heteroatoms. The van der Waals surface area contributed by atoms with Crippen LogP contribution in [-0.2, 0) is 29.5 Å². The predicted octanol–water partition coefficient (Wildman–Crippen LogP) is 2.31. The Labute approximate surface area is 166 Å². The molecule has 28 heavy (non-hydrogen) atoms. The Balaban J connectivity index is 1.93. The highest BCUT2D eigenvalue weighted by Crippen LogP contribution is 2.34. The van der Waals surface area contributed by atoms with Crippen molar-refractivity contribution >= 4 is 10.0 Å². The number of benzene rings is 2. The maximum atomic E-state index is 11.9. The van der Waals surface area contributed by atoms with Crippen molar-refractivity contribution in [3.05, 3.63) is 47.0 Å². The summed E-state index contributed by atoms with van der Waals surface area (Å²) < 4.78 is 39.9. The van der Waals surface area contributed by atoms with Crippen LogP contribution in [0.15, 0.2) is 35.2 Å². The van der Waals surface area contributed by atoms with Gasteiger partial charge in [0.15, 0.2) is 0 Å². The molecule has 0 bridgehead atoms. The first-order chi connectivity index (χ1) is 13.3. The third-order valence-corrected chi connectivity index (χ3v) is 6.10. The topological polar surface area (TPSA) is 91.1 Å². The Morgan fingerprint density at radius 2 is 1.75 bits per heavy atom. The minimum atomic E-state index is -3.84. The van der Waals surface area contributed by atoms with E-state index in [4.69, 9.17) is 19.3 Å². The smallest absolute Gasteiger partial charge is 0.241 e. The summed E-state index contributed by atoms with van der Waals surface area (Å²) in [5.74, 6) is 1.86. The van der Waals surface area contributed by atoms with E-state index in [-0.39, 0.29) is 16.7 Å². The second-order valence-corrected chi connectivity index (χ2v) is 8.48. The lowest BCUT2D eigenvalue weighted by Crippen LogP contribution is -2.38. The van der Waals surface area contributed by atoms with Gasteiger partial charge in [-0.2, -0.15) is 0 Å². The van der Waals surface area contributed by atoms with Crippen LogP contribution < -0.4 is 19.3 Å². The summed E-state index contributed by atoms with van der Waals surface area (Å²) in [4.78, 5) is 2.35. The third-order valence-electron chi connectivity index (χ3n) is 5.17. The monoisotopic (exact) mass is 406 g/mol. The zero-order valence-corrected chi connectivity index (χ0v) is 17.4. The highest BCUT2D eigenvalue weighted by molar-refractivity contribution is 7.89. The SMILES string of the molecule is COc1ccc(OC)c(CN2Cc3cc(OC)c(S(N)(=O)=O)cc3CC2C)c1. The molecular weight excluding hydrogens is 380 g/mol. The van der Waals surface area contributed by atoms with Crippen molar-refractivity contribution < 1.29 is 22.6 Å². The molecule has 152 valence electrons. The first-order valence-corrected chi connectivity index (χ1v) is 10.5. The maximum Gasteiger partial charge on any atom is 0.241 e. The van der Waals surface area contributed by atoms with Gasteiger partial charge in [-0.15, -0.1) is 0 Å². The zero-order chi connectivity index (χ0) is 20.5. The van der Waals surface area contributed by atoms with Crippen LogP contribution in [0.1, 0.15) is 23.6 Å². The van der Waals surface area contributed by atoms with Gasteiger partial charge in [-0.25, -0.2) is 13.6 Å². The normalized spacial score (nSPS) is 17.1. The van der Waals surface area contributed by atoms with Crippen LogP contribution in [0.3, 0.4) is 0 Å². The van der Waals surface area contributed by atoms with E-state index >= 15 is 0 Å². The molecule has 1 aliphatic heterocycles. The summed E-state index contributed by atoms with van der Waals surface area (Å²) in [6, 6.07) is 9.38. The Hall–Kier alpha value is -2.29. The van der Waals surface area contributed by atoms with Gasteiger partial charge in [-0.3, -0.25) is 4.90 Å². The van der Waals surface area contributed by atoms with Crippen molar-refractivity contribution in [1.29, 1.82) is 0 Å². The number of primary sulfonamides is 1. The first kappa shape index (κ1) is 20.4. The van der Waals surface area contributed by atoms with E-state index in [0.29, 0.717) is 19.5 Å². The Kier molecular flexibility index (Phi) is 5.83. The van der Waals surface area contributed by atoms with Gasteiger partial charge < -0.3 is 14.2 Å². The van der Waals surface area contributed by atoms with E-state index in [1.807, 2.05) is 18.2 Å². The quantitative estimate of drug-likeness (QED) is 0.792. The molecule has 7 nitrogen and oxygen atoms in total. The molecule has 2 aromatic carbocycles. The van der Waals surface area contributed by atoms with Gasteiger partial charge in [-0.1, -0.05) is 0 Å². The van der Waals surface area contributed by atoms with Crippen LogP contribution in [0.5, 0.6) is 17.2 Å². The lowest BCUT2D eigenvalue weighted by Gasteiger charge is -2.35. The molecule has 0 spiro atoms. The lowest BCUT2D eigenvalue weighted by atomic mass is 9.94. The van der Waals surface area contributed by atoms with Gasteiger partial charge in [0.2, 0.25) is 10.0 Å². The van der Waals surface area contributed by atoms with Crippen LogP contribution in [-0.4, -0.2) is 40.7 Å². The number of fused-ring (bicyclic) bond motifs is 1. The standard InChI is InChI=1S/C20H26N2O5S/c1-13-7-14-10-20(28(21,23)24)19(27-4)9-15(14)11-22(13)12-16-8-17(25-2)5-6-18(16)26-3/h5-6,8-10,13H,7,11-12H2,1-4H3,(H2,21,23,24).